The minimum absolute atomic E-state index is 0.0517. The Labute approximate surface area is 166 Å². The van der Waals surface area contributed by atoms with Gasteiger partial charge in [0.1, 0.15) is 0 Å². The van der Waals surface area contributed by atoms with Gasteiger partial charge in [-0.25, -0.2) is 4.98 Å². The van der Waals surface area contributed by atoms with Crippen molar-refractivity contribution in [2.24, 2.45) is 0 Å². The number of aromatic nitrogens is 1. The highest BCUT2D eigenvalue weighted by molar-refractivity contribution is 7.09. The van der Waals surface area contributed by atoms with Gasteiger partial charge in [-0.15, -0.1) is 11.3 Å². The summed E-state index contributed by atoms with van der Waals surface area (Å²) >= 11 is 1.68. The number of amides is 1. The third-order valence-corrected chi connectivity index (χ3v) is 7.06. The van der Waals surface area contributed by atoms with E-state index in [1.165, 1.54) is 12.0 Å². The highest BCUT2D eigenvalue weighted by Crippen LogP contribution is 2.40. The Kier molecular flexibility index (Phi) is 5.60. The lowest BCUT2D eigenvalue weighted by Gasteiger charge is -2.38. The van der Waals surface area contributed by atoms with Crippen molar-refractivity contribution in [2.75, 3.05) is 19.6 Å². The third-order valence-electron chi connectivity index (χ3n) is 6.23. The molecule has 1 atom stereocenters. The van der Waals surface area contributed by atoms with Gasteiger partial charge in [-0.3, -0.25) is 4.79 Å². The van der Waals surface area contributed by atoms with E-state index in [0.717, 1.165) is 56.0 Å². The first-order chi connectivity index (χ1) is 13.1. The van der Waals surface area contributed by atoms with Crippen LogP contribution in [0.25, 0.3) is 0 Å². The maximum absolute atomic E-state index is 12.7. The molecule has 2 aromatic rings. The van der Waals surface area contributed by atoms with E-state index in [4.69, 9.17) is 0 Å². The van der Waals surface area contributed by atoms with Gasteiger partial charge in [0.25, 0.3) is 0 Å². The van der Waals surface area contributed by atoms with E-state index in [1.807, 2.05) is 6.92 Å². The number of hydrogen-bond donors (Lipinski definition) is 0. The Morgan fingerprint density at radius 1 is 1.15 bits per heavy atom. The summed E-state index contributed by atoms with van der Waals surface area (Å²) in [7, 11) is 0. The van der Waals surface area contributed by atoms with Crippen molar-refractivity contribution >= 4 is 17.2 Å². The fourth-order valence-corrected chi connectivity index (χ4v) is 5.29. The van der Waals surface area contributed by atoms with Crippen LogP contribution < -0.4 is 0 Å². The van der Waals surface area contributed by atoms with Crippen LogP contribution in [0, 0.1) is 6.92 Å². The van der Waals surface area contributed by atoms with E-state index in [2.05, 4.69) is 50.5 Å². The lowest BCUT2D eigenvalue weighted by Crippen LogP contribution is -2.46. The van der Waals surface area contributed by atoms with Crippen LogP contribution >= 0.6 is 11.3 Å². The summed E-state index contributed by atoms with van der Waals surface area (Å²) in [5.41, 5.74) is 2.51. The Bertz CT molecular complexity index is 775. The third kappa shape index (κ3) is 4.25. The van der Waals surface area contributed by atoms with E-state index in [0.29, 0.717) is 18.9 Å². The van der Waals surface area contributed by atoms with Crippen LogP contribution in [0.2, 0.25) is 0 Å². The summed E-state index contributed by atoms with van der Waals surface area (Å²) in [4.78, 5) is 22.0. The summed E-state index contributed by atoms with van der Waals surface area (Å²) in [6, 6.07) is 10.7. The molecule has 0 N–H and O–H groups in total. The van der Waals surface area contributed by atoms with Crippen LogP contribution in [-0.2, 0) is 17.8 Å². The highest BCUT2D eigenvalue weighted by atomic mass is 32.1. The fourth-order valence-electron chi connectivity index (χ4n) is 4.68. The Morgan fingerprint density at radius 3 is 2.78 bits per heavy atom. The molecule has 1 aromatic carbocycles. The number of carbonyl (C=O) groups excluding carboxylic acids is 1. The molecule has 4 rings (SSSR count). The molecule has 4 nitrogen and oxygen atoms in total. The molecule has 2 aliphatic heterocycles. The highest BCUT2D eigenvalue weighted by Gasteiger charge is 2.45. The summed E-state index contributed by atoms with van der Waals surface area (Å²) in [5, 5.41) is 3.19. The first-order valence-corrected chi connectivity index (χ1v) is 11.0. The van der Waals surface area contributed by atoms with Crippen LogP contribution in [0.4, 0.5) is 0 Å². The first-order valence-electron chi connectivity index (χ1n) is 10.1. The van der Waals surface area contributed by atoms with E-state index in [1.54, 1.807) is 11.3 Å². The molecule has 5 heteroatoms. The molecule has 2 saturated heterocycles. The molecule has 144 valence electrons. The molecule has 1 spiro atoms. The Morgan fingerprint density at radius 2 is 2.00 bits per heavy atom. The van der Waals surface area contributed by atoms with Crippen LogP contribution in [0.5, 0.6) is 0 Å². The van der Waals surface area contributed by atoms with Gasteiger partial charge in [0, 0.05) is 30.4 Å². The van der Waals surface area contributed by atoms with Crippen LogP contribution in [0.3, 0.4) is 0 Å². The van der Waals surface area contributed by atoms with Crippen molar-refractivity contribution in [3.8, 4) is 0 Å². The van der Waals surface area contributed by atoms with Gasteiger partial charge in [0.2, 0.25) is 5.91 Å². The largest absolute Gasteiger partial charge is 0.331 e. The first kappa shape index (κ1) is 18.6. The molecule has 0 unspecified atom stereocenters. The van der Waals surface area contributed by atoms with Crippen molar-refractivity contribution < 1.29 is 4.79 Å². The summed E-state index contributed by atoms with van der Waals surface area (Å²) in [6.45, 7) is 6.07. The van der Waals surface area contributed by atoms with Gasteiger partial charge < -0.3 is 9.80 Å². The van der Waals surface area contributed by atoms with Crippen LogP contribution in [-0.4, -0.2) is 45.9 Å². The van der Waals surface area contributed by atoms with Crippen molar-refractivity contribution in [2.45, 2.75) is 57.5 Å². The van der Waals surface area contributed by atoms with E-state index in [-0.39, 0.29) is 5.54 Å². The standard InChI is InChI=1S/C22H29N3OS/c1-18-23-20(17-27-18)16-25-21(26)8-11-22(25)10-5-13-24(15-12-22)14-9-19-6-3-2-4-7-19/h2-4,6-7,17H,5,8-16H2,1H3/t22-/m0/s1. The van der Waals surface area contributed by atoms with Gasteiger partial charge in [-0.05, 0) is 51.1 Å². The molecule has 2 aliphatic rings. The molecule has 0 radical (unpaired) electrons. The quantitative estimate of drug-likeness (QED) is 0.782. The van der Waals surface area contributed by atoms with Crippen LogP contribution in [0.1, 0.15) is 48.4 Å². The SMILES string of the molecule is Cc1nc(CN2C(=O)CC[C@]23CCCN(CCc2ccccc2)CC3)cs1. The Balaban J connectivity index is 1.40. The number of nitrogens with zero attached hydrogens (tertiary/aromatic N) is 3. The zero-order valence-electron chi connectivity index (χ0n) is 16.2. The monoisotopic (exact) mass is 383 g/mol. The van der Waals surface area contributed by atoms with Crippen LogP contribution in [0.15, 0.2) is 35.7 Å². The smallest absolute Gasteiger partial charge is 0.223 e. The minimum Gasteiger partial charge on any atom is -0.331 e. The predicted octanol–water partition coefficient (Wildman–Crippen LogP) is 4.04. The second-order valence-corrected chi connectivity index (χ2v) is 9.06. The number of thiazole rings is 1. The molecule has 27 heavy (non-hydrogen) atoms. The molecule has 0 saturated carbocycles. The second-order valence-electron chi connectivity index (χ2n) is 7.99. The van der Waals surface area contributed by atoms with Gasteiger partial charge in [-0.1, -0.05) is 30.3 Å². The zero-order chi connectivity index (χ0) is 18.7. The number of rotatable bonds is 5. The molecular formula is C22H29N3OS. The molecule has 1 aromatic heterocycles. The Hall–Kier alpha value is -1.72. The number of hydrogen-bond acceptors (Lipinski definition) is 4. The molecule has 2 fully saturated rings. The number of benzene rings is 1. The molecular weight excluding hydrogens is 354 g/mol. The number of aryl methyl sites for hydroxylation is 1. The van der Waals surface area contributed by atoms with E-state index >= 15 is 0 Å². The minimum atomic E-state index is 0.0517. The summed E-state index contributed by atoms with van der Waals surface area (Å²) in [6.07, 6.45) is 6.22. The molecule has 0 aliphatic carbocycles. The number of likely N-dealkylation sites (tertiary alicyclic amines) is 2. The van der Waals surface area contributed by atoms with Crippen molar-refractivity contribution in [3.63, 3.8) is 0 Å². The van der Waals surface area contributed by atoms with Crippen molar-refractivity contribution in [1.29, 1.82) is 0 Å². The average Bonchev–Trinajstić information content (AvgIpc) is 3.14. The average molecular weight is 384 g/mol. The normalized spacial score (nSPS) is 23.9. The predicted molar refractivity (Wildman–Crippen MR) is 110 cm³/mol. The molecule has 3 heterocycles. The molecule has 1 amide bonds. The van der Waals surface area contributed by atoms with E-state index in [9.17, 15) is 4.79 Å². The maximum Gasteiger partial charge on any atom is 0.223 e. The fraction of sp³-hybridized carbons (Fsp3) is 0.545. The van der Waals surface area contributed by atoms with Crippen molar-refractivity contribution in [3.05, 3.63) is 52.0 Å². The zero-order valence-corrected chi connectivity index (χ0v) is 17.0. The summed E-state index contributed by atoms with van der Waals surface area (Å²) < 4.78 is 0. The van der Waals surface area contributed by atoms with Gasteiger partial charge in [0.15, 0.2) is 0 Å². The van der Waals surface area contributed by atoms with Gasteiger partial charge >= 0.3 is 0 Å². The van der Waals surface area contributed by atoms with Gasteiger partial charge in [0.05, 0.1) is 17.2 Å². The van der Waals surface area contributed by atoms with Gasteiger partial charge in [-0.2, -0.15) is 0 Å². The topological polar surface area (TPSA) is 36.4 Å². The maximum atomic E-state index is 12.7. The summed E-state index contributed by atoms with van der Waals surface area (Å²) in [5.74, 6) is 0.318. The van der Waals surface area contributed by atoms with Crippen molar-refractivity contribution in [1.82, 2.24) is 14.8 Å². The molecule has 0 bridgehead atoms. The second kappa shape index (κ2) is 8.11. The lowest BCUT2D eigenvalue weighted by atomic mass is 9.87. The number of carbonyl (C=O) groups is 1. The lowest BCUT2D eigenvalue weighted by molar-refractivity contribution is -0.132. The van der Waals surface area contributed by atoms with E-state index < -0.39 is 0 Å².